The molecule has 0 aliphatic carbocycles. The molecule has 2 amide bonds. The monoisotopic (exact) mass is 241 g/mol. The maximum atomic E-state index is 11.7. The second-order valence-corrected chi connectivity index (χ2v) is 5.02. The van der Waals surface area contributed by atoms with Gasteiger partial charge in [-0.1, -0.05) is 13.8 Å². The first kappa shape index (κ1) is 14.0. The molecule has 0 radical (unpaired) electrons. The molecule has 0 bridgehead atoms. The van der Waals surface area contributed by atoms with E-state index in [1.807, 2.05) is 13.8 Å². The normalized spacial score (nSPS) is 21.3. The Bertz CT molecular complexity index is 273. The molecule has 1 fully saturated rings. The zero-order valence-corrected chi connectivity index (χ0v) is 10.9. The molecule has 1 unspecified atom stereocenters. The summed E-state index contributed by atoms with van der Waals surface area (Å²) in [4.78, 5) is 23.4. The Labute approximate surface area is 103 Å². The van der Waals surface area contributed by atoms with Crippen LogP contribution in [0.2, 0.25) is 0 Å². The van der Waals surface area contributed by atoms with Crippen molar-refractivity contribution in [1.29, 1.82) is 0 Å². The fourth-order valence-corrected chi connectivity index (χ4v) is 1.75. The average Bonchev–Trinajstić information content (AvgIpc) is 2.78. The lowest BCUT2D eigenvalue weighted by molar-refractivity contribution is -0.129. The largest absolute Gasteiger partial charge is 0.354 e. The Hall–Kier alpha value is -1.10. The van der Waals surface area contributed by atoms with Gasteiger partial charge in [0, 0.05) is 6.54 Å². The second-order valence-electron chi connectivity index (χ2n) is 5.02. The van der Waals surface area contributed by atoms with Crippen molar-refractivity contribution in [2.24, 2.45) is 5.92 Å². The fourth-order valence-electron chi connectivity index (χ4n) is 1.75. The minimum Gasteiger partial charge on any atom is -0.354 e. The third kappa shape index (κ3) is 4.73. The van der Waals surface area contributed by atoms with Crippen LogP contribution in [0, 0.1) is 5.92 Å². The van der Waals surface area contributed by atoms with Crippen LogP contribution in [0.1, 0.15) is 33.6 Å². The minimum absolute atomic E-state index is 0.0744. The molecular weight excluding hydrogens is 218 g/mol. The Morgan fingerprint density at radius 2 is 2.06 bits per heavy atom. The van der Waals surface area contributed by atoms with E-state index in [-0.39, 0.29) is 17.9 Å². The lowest BCUT2D eigenvalue weighted by atomic mass is 10.2. The molecule has 2 atom stereocenters. The zero-order chi connectivity index (χ0) is 12.8. The summed E-state index contributed by atoms with van der Waals surface area (Å²) in [5, 5.41) is 8.64. The van der Waals surface area contributed by atoms with E-state index >= 15 is 0 Å². The molecule has 1 aliphatic heterocycles. The summed E-state index contributed by atoms with van der Waals surface area (Å²) in [5.41, 5.74) is 0. The van der Waals surface area contributed by atoms with Gasteiger partial charge in [0.05, 0.1) is 6.04 Å². The summed E-state index contributed by atoms with van der Waals surface area (Å²) in [6.07, 6.45) is 1.87. The molecule has 0 saturated carbocycles. The van der Waals surface area contributed by atoms with Gasteiger partial charge in [-0.2, -0.15) is 0 Å². The van der Waals surface area contributed by atoms with Gasteiger partial charge in [0.25, 0.3) is 0 Å². The Kier molecular flexibility index (Phi) is 5.41. The molecule has 0 spiro atoms. The van der Waals surface area contributed by atoms with Gasteiger partial charge in [0.1, 0.15) is 6.04 Å². The maximum Gasteiger partial charge on any atom is 0.242 e. The lowest BCUT2D eigenvalue weighted by Crippen LogP contribution is -2.50. The SMILES string of the molecule is CC(C)CNC(=O)C(C)NC(=O)[C@H]1CCCN1. The van der Waals surface area contributed by atoms with E-state index in [9.17, 15) is 9.59 Å². The summed E-state index contributed by atoms with van der Waals surface area (Å²) in [7, 11) is 0. The predicted octanol–water partition coefficient (Wildman–Crippen LogP) is 0.0153. The topological polar surface area (TPSA) is 70.2 Å². The quantitative estimate of drug-likeness (QED) is 0.635. The van der Waals surface area contributed by atoms with Crippen LogP contribution in [-0.4, -0.2) is 37.0 Å². The van der Waals surface area contributed by atoms with Gasteiger partial charge < -0.3 is 16.0 Å². The number of rotatable bonds is 5. The number of nitrogens with one attached hydrogen (secondary N) is 3. The Balaban J connectivity index is 2.29. The van der Waals surface area contributed by atoms with Crippen molar-refractivity contribution in [2.45, 2.75) is 45.7 Å². The van der Waals surface area contributed by atoms with E-state index in [4.69, 9.17) is 0 Å². The van der Waals surface area contributed by atoms with Gasteiger partial charge in [-0.3, -0.25) is 9.59 Å². The van der Waals surface area contributed by atoms with Gasteiger partial charge in [-0.25, -0.2) is 0 Å². The standard InChI is InChI=1S/C12H23N3O2/c1-8(2)7-14-11(16)9(3)15-12(17)10-5-4-6-13-10/h8-10,13H,4-7H2,1-3H3,(H,14,16)(H,15,17)/t9?,10-/m1/s1. The van der Waals surface area contributed by atoms with Crippen LogP contribution >= 0.6 is 0 Å². The zero-order valence-electron chi connectivity index (χ0n) is 10.9. The fraction of sp³-hybridized carbons (Fsp3) is 0.833. The number of carbonyl (C=O) groups excluding carboxylic acids is 2. The summed E-state index contributed by atoms with van der Waals surface area (Å²) in [5.74, 6) is 0.220. The lowest BCUT2D eigenvalue weighted by Gasteiger charge is -2.17. The van der Waals surface area contributed by atoms with Crippen LogP contribution in [0.5, 0.6) is 0 Å². The molecule has 0 aromatic carbocycles. The van der Waals surface area contributed by atoms with Crippen molar-refractivity contribution >= 4 is 11.8 Å². The van der Waals surface area contributed by atoms with Crippen molar-refractivity contribution in [1.82, 2.24) is 16.0 Å². The van der Waals surface area contributed by atoms with E-state index in [0.29, 0.717) is 12.5 Å². The van der Waals surface area contributed by atoms with Crippen LogP contribution in [0.25, 0.3) is 0 Å². The molecule has 1 aliphatic rings. The number of hydrogen-bond donors (Lipinski definition) is 3. The second kappa shape index (κ2) is 6.59. The number of amides is 2. The smallest absolute Gasteiger partial charge is 0.242 e. The third-order valence-electron chi connectivity index (χ3n) is 2.81. The van der Waals surface area contributed by atoms with Gasteiger partial charge >= 0.3 is 0 Å². The molecule has 5 heteroatoms. The highest BCUT2D eigenvalue weighted by atomic mass is 16.2. The highest BCUT2D eigenvalue weighted by Gasteiger charge is 2.24. The minimum atomic E-state index is -0.469. The van der Waals surface area contributed by atoms with E-state index in [1.54, 1.807) is 6.92 Å². The predicted molar refractivity (Wildman–Crippen MR) is 66.5 cm³/mol. The number of hydrogen-bond acceptors (Lipinski definition) is 3. The highest BCUT2D eigenvalue weighted by Crippen LogP contribution is 2.04. The van der Waals surface area contributed by atoms with Crippen molar-refractivity contribution in [3.63, 3.8) is 0 Å². The molecule has 1 saturated heterocycles. The first-order valence-electron chi connectivity index (χ1n) is 6.32. The average molecular weight is 241 g/mol. The molecular formula is C12H23N3O2. The number of carbonyl (C=O) groups is 2. The van der Waals surface area contributed by atoms with Crippen LogP contribution < -0.4 is 16.0 Å². The summed E-state index contributed by atoms with van der Waals surface area (Å²) in [6.45, 7) is 7.30. The molecule has 1 heterocycles. The van der Waals surface area contributed by atoms with Gasteiger partial charge in [0.2, 0.25) is 11.8 Å². The van der Waals surface area contributed by atoms with Crippen LogP contribution in [0.15, 0.2) is 0 Å². The Morgan fingerprint density at radius 3 is 2.59 bits per heavy atom. The van der Waals surface area contributed by atoms with Crippen LogP contribution in [0.4, 0.5) is 0 Å². The van der Waals surface area contributed by atoms with Crippen molar-refractivity contribution < 1.29 is 9.59 Å². The molecule has 0 aromatic heterocycles. The summed E-state index contributed by atoms with van der Waals surface area (Å²) < 4.78 is 0. The highest BCUT2D eigenvalue weighted by molar-refractivity contribution is 5.89. The molecule has 0 aromatic rings. The molecule has 1 rings (SSSR count). The van der Waals surface area contributed by atoms with Crippen molar-refractivity contribution in [3.05, 3.63) is 0 Å². The summed E-state index contributed by atoms with van der Waals surface area (Å²) in [6, 6.07) is -0.598. The first-order chi connectivity index (χ1) is 8.00. The maximum absolute atomic E-state index is 11.7. The van der Waals surface area contributed by atoms with E-state index in [2.05, 4.69) is 16.0 Å². The van der Waals surface area contributed by atoms with Gasteiger partial charge in [0.15, 0.2) is 0 Å². The van der Waals surface area contributed by atoms with Gasteiger partial charge in [-0.15, -0.1) is 0 Å². The first-order valence-corrected chi connectivity index (χ1v) is 6.32. The van der Waals surface area contributed by atoms with E-state index in [0.717, 1.165) is 19.4 Å². The molecule has 5 nitrogen and oxygen atoms in total. The summed E-state index contributed by atoms with van der Waals surface area (Å²) >= 11 is 0. The van der Waals surface area contributed by atoms with Crippen LogP contribution in [-0.2, 0) is 9.59 Å². The molecule has 98 valence electrons. The van der Waals surface area contributed by atoms with Crippen molar-refractivity contribution in [2.75, 3.05) is 13.1 Å². The molecule has 17 heavy (non-hydrogen) atoms. The molecule has 3 N–H and O–H groups in total. The Morgan fingerprint density at radius 1 is 1.35 bits per heavy atom. The van der Waals surface area contributed by atoms with Gasteiger partial charge in [-0.05, 0) is 32.2 Å². The van der Waals surface area contributed by atoms with E-state index < -0.39 is 6.04 Å². The third-order valence-corrected chi connectivity index (χ3v) is 2.81. The van der Waals surface area contributed by atoms with Crippen LogP contribution in [0.3, 0.4) is 0 Å². The van der Waals surface area contributed by atoms with E-state index in [1.165, 1.54) is 0 Å². The van der Waals surface area contributed by atoms with Crippen molar-refractivity contribution in [3.8, 4) is 0 Å².